The van der Waals surface area contributed by atoms with Crippen LogP contribution in [-0.2, 0) is 4.79 Å². The van der Waals surface area contributed by atoms with Crippen molar-refractivity contribution < 1.29 is 4.79 Å². The van der Waals surface area contributed by atoms with Crippen molar-refractivity contribution in [3.8, 4) is 17.1 Å². The van der Waals surface area contributed by atoms with Crippen molar-refractivity contribution in [1.29, 1.82) is 0 Å². The first-order valence-electron chi connectivity index (χ1n) is 10.3. The number of hydrazone groups is 1. The molecule has 1 N–H and O–H groups in total. The van der Waals surface area contributed by atoms with E-state index in [1.54, 1.807) is 37.5 Å². The minimum atomic E-state index is -0.279. The lowest BCUT2D eigenvalue weighted by atomic mass is 10.1. The molecule has 0 spiro atoms. The van der Waals surface area contributed by atoms with Gasteiger partial charge in [0, 0.05) is 34.2 Å². The number of aromatic nitrogens is 4. The van der Waals surface area contributed by atoms with Gasteiger partial charge in [-0.1, -0.05) is 58.7 Å². The van der Waals surface area contributed by atoms with Gasteiger partial charge in [-0.25, -0.2) is 5.43 Å². The molecule has 0 atom stereocenters. The molecule has 0 fully saturated rings. The molecule has 0 unspecified atom stereocenters. The molecule has 4 rings (SSSR count). The number of aryl methyl sites for hydroxylation is 1. The Morgan fingerprint density at radius 2 is 1.79 bits per heavy atom. The molecule has 0 saturated carbocycles. The summed E-state index contributed by atoms with van der Waals surface area (Å²) in [6.45, 7) is 3.79. The molecule has 0 aliphatic carbocycles. The number of nitrogens with zero attached hydrogens (tertiary/aromatic N) is 5. The quantitative estimate of drug-likeness (QED) is 0.199. The Kier molecular flexibility index (Phi) is 7.62. The Bertz CT molecular complexity index is 1340. The zero-order valence-electron chi connectivity index (χ0n) is 18.4. The van der Waals surface area contributed by atoms with Crippen molar-refractivity contribution in [2.45, 2.75) is 19.0 Å². The third kappa shape index (κ3) is 5.64. The van der Waals surface area contributed by atoms with E-state index in [9.17, 15) is 4.79 Å². The Balaban J connectivity index is 1.52. The zero-order valence-corrected chi connectivity index (χ0v) is 20.7. The number of thioether (sulfide) groups is 1. The minimum absolute atomic E-state index is 0.103. The molecular weight excluding hydrogens is 491 g/mol. The van der Waals surface area contributed by atoms with Crippen LogP contribution in [0.1, 0.15) is 18.1 Å². The summed E-state index contributed by atoms with van der Waals surface area (Å²) in [6, 6.07) is 16.9. The van der Waals surface area contributed by atoms with Gasteiger partial charge in [0.1, 0.15) is 0 Å². The molecule has 172 valence electrons. The van der Waals surface area contributed by atoms with Crippen molar-refractivity contribution in [2.75, 3.05) is 5.75 Å². The van der Waals surface area contributed by atoms with Crippen LogP contribution < -0.4 is 5.43 Å². The van der Waals surface area contributed by atoms with Gasteiger partial charge in [-0.2, -0.15) is 5.10 Å². The van der Waals surface area contributed by atoms with E-state index in [-0.39, 0.29) is 11.7 Å². The maximum atomic E-state index is 12.5. The number of halogens is 2. The summed E-state index contributed by atoms with van der Waals surface area (Å²) in [6.07, 6.45) is 3.41. The van der Waals surface area contributed by atoms with Crippen LogP contribution in [0.4, 0.5) is 0 Å². The topological polar surface area (TPSA) is 85.1 Å². The van der Waals surface area contributed by atoms with Gasteiger partial charge in [0.2, 0.25) is 0 Å². The molecule has 4 aromatic rings. The van der Waals surface area contributed by atoms with Crippen molar-refractivity contribution in [2.24, 2.45) is 5.10 Å². The van der Waals surface area contributed by atoms with E-state index < -0.39 is 0 Å². The maximum Gasteiger partial charge on any atom is 0.250 e. The number of amides is 1. The van der Waals surface area contributed by atoms with E-state index in [0.717, 1.165) is 16.8 Å². The zero-order chi connectivity index (χ0) is 24.1. The third-order valence-corrected chi connectivity index (χ3v) is 6.34. The Labute approximate surface area is 211 Å². The van der Waals surface area contributed by atoms with E-state index in [4.69, 9.17) is 23.2 Å². The largest absolute Gasteiger partial charge is 0.272 e. The standard InChI is InChI=1S/C24H20Cl2N6OS/c1-15-3-6-19(7-4-15)32-23(17-9-11-27-12-10-17)30-31-24(32)34-14-22(33)29-28-16(2)20-8-5-18(25)13-21(20)26/h3-13H,14H2,1-2H3,(H,29,33). The average Bonchev–Trinajstić information content (AvgIpc) is 3.26. The molecule has 1 amide bonds. The first-order valence-corrected chi connectivity index (χ1v) is 12.0. The summed E-state index contributed by atoms with van der Waals surface area (Å²) in [4.78, 5) is 16.6. The first kappa shape index (κ1) is 23.9. The lowest BCUT2D eigenvalue weighted by Crippen LogP contribution is -2.21. The second kappa shape index (κ2) is 10.8. The first-order chi connectivity index (χ1) is 16.4. The van der Waals surface area contributed by atoms with Gasteiger partial charge >= 0.3 is 0 Å². The number of hydrogen-bond acceptors (Lipinski definition) is 6. The molecule has 10 heteroatoms. The highest BCUT2D eigenvalue weighted by Gasteiger charge is 2.17. The predicted octanol–water partition coefficient (Wildman–Crippen LogP) is 5.58. The highest BCUT2D eigenvalue weighted by Crippen LogP contribution is 2.28. The molecule has 0 bridgehead atoms. The number of carbonyl (C=O) groups is 1. The molecule has 0 aliphatic heterocycles. The summed E-state index contributed by atoms with van der Waals surface area (Å²) in [5.41, 5.74) is 6.75. The van der Waals surface area contributed by atoms with Crippen molar-refractivity contribution >= 4 is 46.6 Å². The predicted molar refractivity (Wildman–Crippen MR) is 137 cm³/mol. The van der Waals surface area contributed by atoms with Crippen molar-refractivity contribution in [3.63, 3.8) is 0 Å². The van der Waals surface area contributed by atoms with Crippen LogP contribution in [-0.4, -0.2) is 37.1 Å². The van der Waals surface area contributed by atoms with E-state index in [1.807, 2.05) is 47.9 Å². The highest BCUT2D eigenvalue weighted by atomic mass is 35.5. The van der Waals surface area contributed by atoms with E-state index >= 15 is 0 Å². The number of rotatable bonds is 7. The second-order valence-electron chi connectivity index (χ2n) is 7.36. The summed E-state index contributed by atoms with van der Waals surface area (Å²) in [7, 11) is 0. The van der Waals surface area contributed by atoms with Crippen LogP contribution in [0.3, 0.4) is 0 Å². The normalized spacial score (nSPS) is 11.5. The molecule has 0 radical (unpaired) electrons. The maximum absolute atomic E-state index is 12.5. The molecule has 2 aromatic heterocycles. The van der Waals surface area contributed by atoms with Gasteiger partial charge in [0.05, 0.1) is 16.5 Å². The molecule has 0 saturated heterocycles. The van der Waals surface area contributed by atoms with E-state index in [1.165, 1.54) is 11.8 Å². The molecule has 2 heterocycles. The monoisotopic (exact) mass is 510 g/mol. The Morgan fingerprint density at radius 3 is 2.50 bits per heavy atom. The SMILES string of the molecule is CC(=NNC(=O)CSc1nnc(-c2ccncc2)n1-c1ccc(C)cc1)c1ccc(Cl)cc1Cl. The smallest absolute Gasteiger partial charge is 0.250 e. The van der Waals surface area contributed by atoms with E-state index in [0.29, 0.717) is 32.3 Å². The number of benzene rings is 2. The average molecular weight is 511 g/mol. The fraction of sp³-hybridized carbons (Fsp3) is 0.125. The van der Waals surface area contributed by atoms with Gasteiger partial charge in [0.15, 0.2) is 11.0 Å². The highest BCUT2D eigenvalue weighted by molar-refractivity contribution is 7.99. The van der Waals surface area contributed by atoms with Crippen LogP contribution in [0.25, 0.3) is 17.1 Å². The molecule has 34 heavy (non-hydrogen) atoms. The lowest BCUT2D eigenvalue weighted by Gasteiger charge is -2.10. The summed E-state index contributed by atoms with van der Waals surface area (Å²) in [5.74, 6) is 0.490. The van der Waals surface area contributed by atoms with Crippen LogP contribution in [0.15, 0.2) is 77.2 Å². The van der Waals surface area contributed by atoms with Crippen LogP contribution in [0, 0.1) is 6.92 Å². The van der Waals surface area contributed by atoms with Crippen molar-refractivity contribution in [3.05, 3.63) is 88.2 Å². The van der Waals surface area contributed by atoms with Gasteiger partial charge in [0.25, 0.3) is 5.91 Å². The molecule has 0 aliphatic rings. The molecule has 7 nitrogen and oxygen atoms in total. The third-order valence-electron chi connectivity index (χ3n) is 4.87. The summed E-state index contributed by atoms with van der Waals surface area (Å²) in [5, 5.41) is 14.5. The Morgan fingerprint density at radius 1 is 1.06 bits per heavy atom. The van der Waals surface area contributed by atoms with Crippen LogP contribution in [0.5, 0.6) is 0 Å². The number of hydrogen-bond donors (Lipinski definition) is 1. The van der Waals surface area contributed by atoms with Gasteiger partial charge in [-0.15, -0.1) is 10.2 Å². The van der Waals surface area contributed by atoms with Crippen LogP contribution in [0.2, 0.25) is 10.0 Å². The van der Waals surface area contributed by atoms with Gasteiger partial charge in [-0.3, -0.25) is 14.3 Å². The number of carbonyl (C=O) groups excluding carboxylic acids is 1. The van der Waals surface area contributed by atoms with Crippen molar-refractivity contribution in [1.82, 2.24) is 25.2 Å². The van der Waals surface area contributed by atoms with Crippen LogP contribution >= 0.6 is 35.0 Å². The van der Waals surface area contributed by atoms with Gasteiger partial charge in [-0.05, 0) is 50.2 Å². The summed E-state index contributed by atoms with van der Waals surface area (Å²) < 4.78 is 1.93. The second-order valence-corrected chi connectivity index (χ2v) is 9.14. The molecular formula is C24H20Cl2N6OS. The number of pyridine rings is 1. The summed E-state index contributed by atoms with van der Waals surface area (Å²) >= 11 is 13.4. The van der Waals surface area contributed by atoms with E-state index in [2.05, 4.69) is 25.7 Å². The fourth-order valence-corrected chi connectivity index (χ4v) is 4.42. The Hall–Kier alpha value is -3.20. The minimum Gasteiger partial charge on any atom is -0.272 e. The lowest BCUT2D eigenvalue weighted by molar-refractivity contribution is -0.118. The fourth-order valence-electron chi connectivity index (χ4n) is 3.13. The number of nitrogens with one attached hydrogen (secondary N) is 1. The molecule has 2 aromatic carbocycles. The van der Waals surface area contributed by atoms with Gasteiger partial charge < -0.3 is 0 Å².